The van der Waals surface area contributed by atoms with Gasteiger partial charge in [-0.3, -0.25) is 0 Å². The van der Waals surface area contributed by atoms with Crippen LogP contribution in [-0.2, 0) is 0 Å². The Hall–Kier alpha value is -0.670. The van der Waals surface area contributed by atoms with E-state index in [1.165, 1.54) is 5.54 Å². The molecule has 0 radical (unpaired) electrons. The highest BCUT2D eigenvalue weighted by Gasteiger charge is 1.64. The molecule has 0 atom stereocenters. The monoisotopic (exact) mass is 126 g/mol. The lowest BCUT2D eigenvalue weighted by atomic mass is 10.3. The van der Waals surface area contributed by atoms with Crippen molar-refractivity contribution in [2.24, 2.45) is 0 Å². The van der Waals surface area contributed by atoms with Gasteiger partial charge in [0.15, 0.2) is 0 Å². The summed E-state index contributed by atoms with van der Waals surface area (Å²) in [5.74, 6) is 0. The van der Waals surface area contributed by atoms with Crippen molar-refractivity contribution in [2.45, 2.75) is 6.92 Å². The van der Waals surface area contributed by atoms with Crippen LogP contribution in [-0.4, -0.2) is 0 Å². The molecule has 0 amide bonds. The van der Waals surface area contributed by atoms with Crippen LogP contribution in [0.4, 0.5) is 0 Å². The Balaban J connectivity index is 4.04. The smallest absolute Gasteiger partial charge is 0.0546 e. The second-order valence-corrected chi connectivity index (χ2v) is 1.61. The summed E-state index contributed by atoms with van der Waals surface area (Å²) < 4.78 is 0. The first kappa shape index (κ1) is 7.33. The molecule has 0 aromatic heterocycles. The molecule has 8 heavy (non-hydrogen) atoms. The van der Waals surface area contributed by atoms with Crippen LogP contribution in [0.5, 0.6) is 0 Å². The van der Waals surface area contributed by atoms with Crippen molar-refractivity contribution >= 4 is 11.6 Å². The van der Waals surface area contributed by atoms with E-state index in [0.29, 0.717) is 0 Å². The summed E-state index contributed by atoms with van der Waals surface area (Å²) in [6, 6.07) is 0. The highest BCUT2D eigenvalue weighted by molar-refractivity contribution is 6.25. The first-order chi connectivity index (χ1) is 3.77. The predicted molar refractivity (Wildman–Crippen MR) is 36.8 cm³/mol. The van der Waals surface area contributed by atoms with Crippen LogP contribution in [0, 0.1) is 0 Å². The van der Waals surface area contributed by atoms with Crippen LogP contribution in [0.25, 0.3) is 0 Å². The maximum Gasteiger partial charge on any atom is 0.0546 e. The number of halogens is 1. The minimum Gasteiger partial charge on any atom is -0.0955 e. The van der Waals surface area contributed by atoms with E-state index in [1.807, 2.05) is 6.92 Å². The fourth-order valence-electron chi connectivity index (χ4n) is 0.196. The summed E-state index contributed by atoms with van der Waals surface area (Å²) in [4.78, 5) is 0. The molecule has 0 aromatic carbocycles. The fourth-order valence-corrected chi connectivity index (χ4v) is 0.259. The van der Waals surface area contributed by atoms with Crippen LogP contribution in [0.15, 0.2) is 35.2 Å². The molecule has 0 unspecified atom stereocenters. The number of allylic oxidation sites excluding steroid dienone is 2. The molecule has 0 nitrogen and oxygen atoms in total. The standard InChI is InChI=1S/C7H7Cl/c1-7(2)5-3-4-6-8/h5-6H,1H2,2H3. The van der Waals surface area contributed by atoms with Gasteiger partial charge in [-0.2, -0.15) is 0 Å². The summed E-state index contributed by atoms with van der Waals surface area (Å²) in [6.45, 7) is 5.49. The molecular weight excluding hydrogens is 120 g/mol. The Kier molecular flexibility index (Phi) is 4.11. The zero-order valence-electron chi connectivity index (χ0n) is 4.74. The van der Waals surface area contributed by atoms with Crippen LogP contribution in [0.2, 0.25) is 0 Å². The lowest BCUT2D eigenvalue weighted by Crippen LogP contribution is -1.52. The third-order valence-corrected chi connectivity index (χ3v) is 0.566. The van der Waals surface area contributed by atoms with Gasteiger partial charge in [0.05, 0.1) is 5.54 Å². The van der Waals surface area contributed by atoms with Crippen molar-refractivity contribution in [2.75, 3.05) is 0 Å². The van der Waals surface area contributed by atoms with Crippen LogP contribution in [0.3, 0.4) is 0 Å². The van der Waals surface area contributed by atoms with E-state index >= 15 is 0 Å². The van der Waals surface area contributed by atoms with Crippen molar-refractivity contribution in [1.82, 2.24) is 0 Å². The topological polar surface area (TPSA) is 0 Å². The molecule has 0 aliphatic rings. The van der Waals surface area contributed by atoms with E-state index < -0.39 is 0 Å². The second kappa shape index (κ2) is 4.49. The zero-order chi connectivity index (χ0) is 6.41. The molecule has 0 N–H and O–H groups in total. The molecule has 0 saturated heterocycles. The molecule has 0 saturated carbocycles. The third-order valence-electron chi connectivity index (χ3n) is 0.456. The molecule has 0 spiro atoms. The average Bonchev–Trinajstić information content (AvgIpc) is 1.66. The molecule has 42 valence electrons. The Morgan fingerprint density at radius 1 is 1.62 bits per heavy atom. The van der Waals surface area contributed by atoms with E-state index in [-0.39, 0.29) is 0 Å². The number of rotatable bonds is 1. The number of hydrogen-bond donors (Lipinski definition) is 0. The molecule has 0 heterocycles. The summed E-state index contributed by atoms with van der Waals surface area (Å²) in [7, 11) is 0. The highest BCUT2D eigenvalue weighted by Crippen LogP contribution is 1.84. The second-order valence-electron chi connectivity index (χ2n) is 1.39. The highest BCUT2D eigenvalue weighted by atomic mass is 35.5. The van der Waals surface area contributed by atoms with Gasteiger partial charge in [0, 0.05) is 0 Å². The van der Waals surface area contributed by atoms with Gasteiger partial charge in [-0.25, -0.2) is 0 Å². The Labute approximate surface area is 54.5 Å². The Morgan fingerprint density at radius 3 is 2.62 bits per heavy atom. The van der Waals surface area contributed by atoms with Crippen molar-refractivity contribution in [3.63, 3.8) is 0 Å². The van der Waals surface area contributed by atoms with Crippen LogP contribution >= 0.6 is 11.6 Å². The average molecular weight is 127 g/mol. The van der Waals surface area contributed by atoms with Gasteiger partial charge in [0.2, 0.25) is 0 Å². The quantitative estimate of drug-likeness (QED) is 0.374. The van der Waals surface area contributed by atoms with E-state index in [1.54, 1.807) is 6.08 Å². The maximum absolute atomic E-state index is 5.14. The maximum atomic E-state index is 5.14. The third kappa shape index (κ3) is 5.33. The largest absolute Gasteiger partial charge is 0.0955 e. The van der Waals surface area contributed by atoms with Gasteiger partial charge in [-0.05, 0) is 18.6 Å². The van der Waals surface area contributed by atoms with Crippen molar-refractivity contribution in [1.29, 1.82) is 0 Å². The molecule has 0 rings (SSSR count). The first-order valence-corrected chi connectivity index (χ1v) is 2.62. The zero-order valence-corrected chi connectivity index (χ0v) is 5.50. The van der Waals surface area contributed by atoms with Gasteiger partial charge in [-0.15, -0.1) is 0 Å². The van der Waals surface area contributed by atoms with Gasteiger partial charge in [0.25, 0.3) is 0 Å². The van der Waals surface area contributed by atoms with Gasteiger partial charge in [0.1, 0.15) is 0 Å². The minimum atomic E-state index is 0.941. The normalized spacial score (nSPS) is 6.25. The number of hydrogen-bond acceptors (Lipinski definition) is 0. The molecule has 0 aromatic rings. The predicted octanol–water partition coefficient (Wildman–Crippen LogP) is 2.63. The van der Waals surface area contributed by atoms with Gasteiger partial charge in [-0.1, -0.05) is 29.6 Å². The molecule has 0 fully saturated rings. The summed E-state index contributed by atoms with van der Waals surface area (Å²) in [6.07, 6.45) is 1.71. The minimum absolute atomic E-state index is 0.941. The summed E-state index contributed by atoms with van der Waals surface area (Å²) >= 11 is 5.14. The van der Waals surface area contributed by atoms with E-state index in [2.05, 4.69) is 18.0 Å². The molecular formula is C7H7Cl. The summed E-state index contributed by atoms with van der Waals surface area (Å²) in [5.41, 5.74) is 7.44. The molecule has 0 aliphatic carbocycles. The van der Waals surface area contributed by atoms with E-state index in [0.717, 1.165) is 5.57 Å². The van der Waals surface area contributed by atoms with Crippen molar-refractivity contribution in [3.8, 4) is 0 Å². The SMILES string of the molecule is C=C(C)C=C=C=CCl. The van der Waals surface area contributed by atoms with Crippen molar-refractivity contribution < 1.29 is 0 Å². The van der Waals surface area contributed by atoms with Crippen LogP contribution < -0.4 is 0 Å². The first-order valence-electron chi connectivity index (χ1n) is 2.19. The molecule has 1 heteroatoms. The van der Waals surface area contributed by atoms with Gasteiger partial charge >= 0.3 is 0 Å². The molecule has 0 aliphatic heterocycles. The Morgan fingerprint density at radius 2 is 2.25 bits per heavy atom. The van der Waals surface area contributed by atoms with E-state index in [9.17, 15) is 0 Å². The summed E-state index contributed by atoms with van der Waals surface area (Å²) in [5, 5.41) is 0. The van der Waals surface area contributed by atoms with E-state index in [4.69, 9.17) is 11.6 Å². The fraction of sp³-hybridized carbons (Fsp3) is 0.143. The van der Waals surface area contributed by atoms with Crippen LogP contribution in [0.1, 0.15) is 6.92 Å². The van der Waals surface area contributed by atoms with Crippen molar-refractivity contribution in [3.05, 3.63) is 35.2 Å². The molecule has 0 bridgehead atoms. The lowest BCUT2D eigenvalue weighted by molar-refractivity contribution is 1.57. The van der Waals surface area contributed by atoms with Gasteiger partial charge < -0.3 is 0 Å². The Bertz CT molecular complexity index is 165. The lowest BCUT2D eigenvalue weighted by Gasteiger charge is -1.72.